The Morgan fingerprint density at radius 3 is 2.79 bits per heavy atom. The Bertz CT molecular complexity index is 607. The second-order valence-electron chi connectivity index (χ2n) is 4.82. The number of aryl methyl sites for hydroxylation is 2. The van der Waals surface area contributed by atoms with E-state index in [0.29, 0.717) is 11.5 Å². The Kier molecular flexibility index (Phi) is 2.99. The molecule has 0 radical (unpaired) electrons. The van der Waals surface area contributed by atoms with E-state index in [1.807, 2.05) is 0 Å². The minimum absolute atomic E-state index is 0.505. The summed E-state index contributed by atoms with van der Waals surface area (Å²) in [6, 6.07) is 6.46. The molecule has 1 aliphatic rings. The molecule has 0 fully saturated rings. The monoisotopic (exact) mass is 253 g/mol. The van der Waals surface area contributed by atoms with Crippen molar-refractivity contribution in [1.29, 1.82) is 0 Å². The first kappa shape index (κ1) is 11.8. The van der Waals surface area contributed by atoms with Crippen molar-refractivity contribution in [2.24, 2.45) is 0 Å². The molecule has 0 saturated heterocycles. The molecule has 19 heavy (non-hydrogen) atoms. The van der Waals surface area contributed by atoms with Crippen molar-refractivity contribution >= 4 is 17.9 Å². The lowest BCUT2D eigenvalue weighted by Crippen LogP contribution is -2.26. The van der Waals surface area contributed by atoms with Gasteiger partial charge in [0.25, 0.3) is 0 Å². The lowest BCUT2D eigenvalue weighted by atomic mass is 10.00. The largest absolute Gasteiger partial charge is 0.310 e. The number of rotatable bonds is 2. The minimum atomic E-state index is 0.505. The van der Waals surface area contributed by atoms with Gasteiger partial charge in [-0.15, -0.1) is 0 Å². The molecule has 1 aromatic carbocycles. The zero-order chi connectivity index (χ0) is 13.2. The Hall–Kier alpha value is -2.23. The lowest BCUT2D eigenvalue weighted by molar-refractivity contribution is 0.112. The average molecular weight is 253 g/mol. The number of nitrogens with zero attached hydrogens (tertiary/aromatic N) is 3. The minimum Gasteiger partial charge on any atom is -0.310 e. The van der Waals surface area contributed by atoms with Gasteiger partial charge in [-0.3, -0.25) is 4.79 Å². The predicted octanol–water partition coefficient (Wildman–Crippen LogP) is 2.68. The average Bonchev–Trinajstić information content (AvgIpc) is 2.46. The van der Waals surface area contributed by atoms with Gasteiger partial charge in [-0.1, -0.05) is 17.7 Å². The molecule has 2 heterocycles. The summed E-state index contributed by atoms with van der Waals surface area (Å²) in [6.07, 6.45) is 6.09. The van der Waals surface area contributed by atoms with Gasteiger partial charge in [0.15, 0.2) is 6.29 Å². The number of carbonyl (C=O) groups is 1. The Balaban J connectivity index is 2.00. The Morgan fingerprint density at radius 1 is 1.26 bits per heavy atom. The molecule has 4 heteroatoms. The van der Waals surface area contributed by atoms with Crippen molar-refractivity contribution in [3.8, 4) is 0 Å². The fourth-order valence-corrected chi connectivity index (χ4v) is 2.47. The summed E-state index contributed by atoms with van der Waals surface area (Å²) >= 11 is 0. The number of carbonyl (C=O) groups excluding carboxylic acids is 1. The number of aromatic nitrogens is 2. The van der Waals surface area contributed by atoms with Crippen LogP contribution >= 0.6 is 0 Å². The van der Waals surface area contributed by atoms with Crippen LogP contribution in [0.5, 0.6) is 0 Å². The number of aldehydes is 1. The zero-order valence-corrected chi connectivity index (χ0v) is 10.8. The van der Waals surface area contributed by atoms with Gasteiger partial charge in [0, 0.05) is 24.6 Å². The molecule has 0 saturated carbocycles. The molecule has 2 aromatic rings. The summed E-state index contributed by atoms with van der Waals surface area (Å²) in [5.74, 6) is 0.662. The van der Waals surface area contributed by atoms with Gasteiger partial charge in [-0.05, 0) is 31.4 Å². The third-order valence-electron chi connectivity index (χ3n) is 3.39. The number of anilines is 2. The van der Waals surface area contributed by atoms with Crippen LogP contribution in [0.4, 0.5) is 11.6 Å². The fourth-order valence-electron chi connectivity index (χ4n) is 2.47. The molecule has 0 aliphatic carbocycles. The molecule has 96 valence electrons. The maximum absolute atomic E-state index is 10.6. The molecule has 4 nitrogen and oxygen atoms in total. The van der Waals surface area contributed by atoms with Crippen molar-refractivity contribution in [3.63, 3.8) is 0 Å². The van der Waals surface area contributed by atoms with Crippen LogP contribution in [0, 0.1) is 6.92 Å². The molecule has 1 aromatic heterocycles. The van der Waals surface area contributed by atoms with Crippen LogP contribution in [-0.2, 0) is 6.42 Å². The predicted molar refractivity (Wildman–Crippen MR) is 73.9 cm³/mol. The van der Waals surface area contributed by atoms with Crippen molar-refractivity contribution in [1.82, 2.24) is 9.97 Å². The molecule has 0 unspecified atom stereocenters. The highest BCUT2D eigenvalue weighted by atomic mass is 16.1. The van der Waals surface area contributed by atoms with E-state index in [-0.39, 0.29) is 0 Å². The van der Waals surface area contributed by atoms with Crippen LogP contribution in [0.3, 0.4) is 0 Å². The smallest absolute Gasteiger partial charge is 0.229 e. The summed E-state index contributed by atoms with van der Waals surface area (Å²) in [6.45, 7) is 3.02. The van der Waals surface area contributed by atoms with Crippen LogP contribution in [-0.4, -0.2) is 22.8 Å². The van der Waals surface area contributed by atoms with Gasteiger partial charge in [-0.25, -0.2) is 9.97 Å². The maximum atomic E-state index is 10.6. The number of fused-ring (bicyclic) bond motifs is 1. The SMILES string of the molecule is Cc1ccc2c(c1)CCCN2c1ncc(C=O)cn1. The van der Waals surface area contributed by atoms with Crippen LogP contribution in [0.1, 0.15) is 27.9 Å². The maximum Gasteiger partial charge on any atom is 0.229 e. The van der Waals surface area contributed by atoms with Gasteiger partial charge in [0.1, 0.15) is 0 Å². The van der Waals surface area contributed by atoms with Crippen molar-refractivity contribution in [2.75, 3.05) is 11.4 Å². The van der Waals surface area contributed by atoms with Gasteiger partial charge < -0.3 is 4.90 Å². The molecule has 0 atom stereocenters. The van der Waals surface area contributed by atoms with E-state index in [9.17, 15) is 4.79 Å². The van der Waals surface area contributed by atoms with Crippen molar-refractivity contribution in [3.05, 3.63) is 47.3 Å². The molecule has 0 N–H and O–H groups in total. The first-order valence-corrected chi connectivity index (χ1v) is 6.42. The van der Waals surface area contributed by atoms with E-state index >= 15 is 0 Å². The van der Waals surface area contributed by atoms with Crippen LogP contribution < -0.4 is 4.90 Å². The molecule has 0 bridgehead atoms. The van der Waals surface area contributed by atoms with E-state index in [1.54, 1.807) is 12.4 Å². The van der Waals surface area contributed by atoms with Gasteiger partial charge in [0.05, 0.1) is 5.56 Å². The van der Waals surface area contributed by atoms with Crippen molar-refractivity contribution < 1.29 is 4.79 Å². The molecule has 1 aliphatic heterocycles. The molecular formula is C15H15N3O. The number of benzene rings is 1. The van der Waals surface area contributed by atoms with E-state index < -0.39 is 0 Å². The summed E-state index contributed by atoms with van der Waals surface area (Å²) in [5.41, 5.74) is 4.30. The Labute approximate surface area is 112 Å². The Morgan fingerprint density at radius 2 is 2.05 bits per heavy atom. The summed E-state index contributed by atoms with van der Waals surface area (Å²) in [4.78, 5) is 21.3. The van der Waals surface area contributed by atoms with E-state index in [2.05, 4.69) is 40.0 Å². The van der Waals surface area contributed by atoms with Gasteiger partial charge in [0.2, 0.25) is 5.95 Å². The molecule has 3 rings (SSSR count). The lowest BCUT2D eigenvalue weighted by Gasteiger charge is -2.29. The summed E-state index contributed by atoms with van der Waals surface area (Å²) in [5, 5.41) is 0. The normalized spacial score (nSPS) is 14.1. The van der Waals surface area contributed by atoms with E-state index in [1.165, 1.54) is 16.8 Å². The standard InChI is InChI=1S/C15H15N3O/c1-11-4-5-14-13(7-11)3-2-6-18(14)15-16-8-12(10-19)9-17-15/h4-5,7-10H,2-3,6H2,1H3. The molecule has 0 amide bonds. The summed E-state index contributed by atoms with van der Waals surface area (Å²) in [7, 11) is 0. The topological polar surface area (TPSA) is 46.1 Å². The number of hydrogen-bond acceptors (Lipinski definition) is 4. The number of hydrogen-bond donors (Lipinski definition) is 0. The third-order valence-corrected chi connectivity index (χ3v) is 3.39. The van der Waals surface area contributed by atoms with Crippen LogP contribution in [0.25, 0.3) is 0 Å². The van der Waals surface area contributed by atoms with Crippen LogP contribution in [0.2, 0.25) is 0 Å². The van der Waals surface area contributed by atoms with Gasteiger partial charge in [-0.2, -0.15) is 0 Å². The first-order valence-electron chi connectivity index (χ1n) is 6.42. The zero-order valence-electron chi connectivity index (χ0n) is 10.8. The third kappa shape index (κ3) is 2.21. The quantitative estimate of drug-likeness (QED) is 0.772. The summed E-state index contributed by atoms with van der Waals surface area (Å²) < 4.78 is 0. The highest BCUT2D eigenvalue weighted by Crippen LogP contribution is 2.31. The van der Waals surface area contributed by atoms with E-state index in [4.69, 9.17) is 0 Å². The van der Waals surface area contributed by atoms with E-state index in [0.717, 1.165) is 25.7 Å². The van der Waals surface area contributed by atoms with Crippen LogP contribution in [0.15, 0.2) is 30.6 Å². The van der Waals surface area contributed by atoms with Gasteiger partial charge >= 0.3 is 0 Å². The molecule has 0 spiro atoms. The van der Waals surface area contributed by atoms with Crippen molar-refractivity contribution in [2.45, 2.75) is 19.8 Å². The first-order chi connectivity index (χ1) is 9.28. The second kappa shape index (κ2) is 4.80. The highest BCUT2D eigenvalue weighted by Gasteiger charge is 2.19. The highest BCUT2D eigenvalue weighted by molar-refractivity contribution is 5.74. The fraction of sp³-hybridized carbons (Fsp3) is 0.267. The molecular weight excluding hydrogens is 238 g/mol. The second-order valence-corrected chi connectivity index (χ2v) is 4.82.